The molecule has 1 aromatic rings. The van der Waals surface area contributed by atoms with Crippen LogP contribution in [0.15, 0.2) is 18.2 Å². The van der Waals surface area contributed by atoms with Gasteiger partial charge in [-0.15, -0.1) is 0 Å². The van der Waals surface area contributed by atoms with Crippen LogP contribution in [0.25, 0.3) is 0 Å². The minimum absolute atomic E-state index is 0.466. The summed E-state index contributed by atoms with van der Waals surface area (Å²) >= 11 is 0. The molecule has 0 aliphatic rings. The van der Waals surface area contributed by atoms with E-state index in [0.717, 1.165) is 12.8 Å². The second-order valence-corrected chi connectivity index (χ2v) is 8.84. The molecule has 0 saturated heterocycles. The summed E-state index contributed by atoms with van der Waals surface area (Å²) < 4.78 is 16.7. The number of carbonyl (C=O) groups excluding carboxylic acids is 1. The van der Waals surface area contributed by atoms with Gasteiger partial charge >= 0.3 is 6.09 Å². The third-order valence-electron chi connectivity index (χ3n) is 4.20. The highest BCUT2D eigenvalue weighted by molar-refractivity contribution is 5.69. The van der Waals surface area contributed by atoms with E-state index in [1.807, 2.05) is 6.07 Å². The van der Waals surface area contributed by atoms with Crippen molar-refractivity contribution in [2.24, 2.45) is 5.92 Å². The first-order valence-electron chi connectivity index (χ1n) is 9.90. The predicted molar refractivity (Wildman–Crippen MR) is 111 cm³/mol. The fourth-order valence-corrected chi connectivity index (χ4v) is 2.89. The van der Waals surface area contributed by atoms with E-state index in [4.69, 9.17) is 14.2 Å². The first-order valence-corrected chi connectivity index (χ1v) is 9.90. The van der Waals surface area contributed by atoms with Gasteiger partial charge in [0.05, 0.1) is 25.4 Å². The first-order chi connectivity index (χ1) is 12.9. The maximum absolute atomic E-state index is 12.3. The van der Waals surface area contributed by atoms with E-state index in [-0.39, 0.29) is 0 Å². The Hall–Kier alpha value is -1.95. The van der Waals surface area contributed by atoms with Gasteiger partial charge in [0.2, 0.25) is 0 Å². The Labute approximate surface area is 169 Å². The van der Waals surface area contributed by atoms with Gasteiger partial charge < -0.3 is 24.6 Å². The van der Waals surface area contributed by atoms with E-state index >= 15 is 0 Å². The van der Waals surface area contributed by atoms with E-state index in [1.54, 1.807) is 53.9 Å². The smallest absolute Gasteiger partial charge is 0.408 e. The number of alkyl carbamates (subject to hydrolysis) is 1. The largest absolute Gasteiger partial charge is 0.496 e. The Bertz CT molecular complexity index is 631. The second-order valence-electron chi connectivity index (χ2n) is 8.84. The number of ether oxygens (including phenoxy) is 3. The van der Waals surface area contributed by atoms with Crippen molar-refractivity contribution < 1.29 is 24.1 Å². The zero-order valence-corrected chi connectivity index (χ0v) is 18.6. The normalized spacial score (nSPS) is 14.2. The molecule has 1 rings (SSSR count). The van der Waals surface area contributed by atoms with Gasteiger partial charge in [-0.05, 0) is 59.1 Å². The number of amides is 1. The molecule has 0 aromatic heterocycles. The fourth-order valence-electron chi connectivity index (χ4n) is 2.89. The standard InChI is InChI=1S/C22H37NO5/c1-9-10-15(2)14-27-16-11-12-17(18(13-16)26-8)19(22(6,7)25)23-20(24)28-21(3,4)5/h11-13,15,19,25H,9-10,14H2,1-8H3,(H,23,24)/t15?,19-/m1/s1. The van der Waals surface area contributed by atoms with Crippen LogP contribution >= 0.6 is 0 Å². The maximum Gasteiger partial charge on any atom is 0.408 e. The average molecular weight is 396 g/mol. The van der Waals surface area contributed by atoms with Crippen molar-refractivity contribution in [1.29, 1.82) is 0 Å². The lowest BCUT2D eigenvalue weighted by Gasteiger charge is -2.32. The highest BCUT2D eigenvalue weighted by Gasteiger charge is 2.33. The lowest BCUT2D eigenvalue weighted by molar-refractivity contribution is 0.0158. The molecule has 6 nitrogen and oxygen atoms in total. The van der Waals surface area contributed by atoms with Gasteiger partial charge in [0.15, 0.2) is 0 Å². The van der Waals surface area contributed by atoms with Gasteiger partial charge in [0.25, 0.3) is 0 Å². The molecule has 0 aliphatic heterocycles. The van der Waals surface area contributed by atoms with Crippen LogP contribution in [0, 0.1) is 5.92 Å². The van der Waals surface area contributed by atoms with Crippen LogP contribution in [0.3, 0.4) is 0 Å². The van der Waals surface area contributed by atoms with Gasteiger partial charge in [-0.25, -0.2) is 4.79 Å². The van der Waals surface area contributed by atoms with Crippen LogP contribution < -0.4 is 14.8 Å². The number of carbonyl (C=O) groups is 1. The molecule has 0 bridgehead atoms. The van der Waals surface area contributed by atoms with E-state index < -0.39 is 23.3 Å². The monoisotopic (exact) mass is 395 g/mol. The van der Waals surface area contributed by atoms with Crippen molar-refractivity contribution in [3.05, 3.63) is 23.8 Å². The number of rotatable bonds is 9. The van der Waals surface area contributed by atoms with Crippen LogP contribution in [-0.2, 0) is 4.74 Å². The summed E-state index contributed by atoms with van der Waals surface area (Å²) in [6, 6.07) is 4.69. The van der Waals surface area contributed by atoms with E-state index in [9.17, 15) is 9.90 Å². The number of methoxy groups -OCH3 is 1. The minimum atomic E-state index is -1.23. The molecule has 1 amide bonds. The molecular formula is C22H37NO5. The summed E-state index contributed by atoms with van der Waals surface area (Å²) in [6.07, 6.45) is 1.63. The van der Waals surface area contributed by atoms with Crippen LogP contribution in [0.2, 0.25) is 0 Å². The fraction of sp³-hybridized carbons (Fsp3) is 0.682. The van der Waals surface area contributed by atoms with E-state index in [2.05, 4.69) is 19.2 Å². The topological polar surface area (TPSA) is 77.0 Å². The summed E-state index contributed by atoms with van der Waals surface area (Å²) in [6.45, 7) is 13.6. The molecule has 0 fully saturated rings. The molecule has 0 spiro atoms. The SMILES string of the molecule is CCCC(C)COc1ccc([C@@H](NC(=O)OC(C)(C)C)C(C)(C)O)c(OC)c1. The molecule has 0 saturated carbocycles. The first kappa shape index (κ1) is 24.1. The van der Waals surface area contributed by atoms with Crippen LogP contribution in [-0.4, -0.2) is 36.1 Å². The maximum atomic E-state index is 12.3. The van der Waals surface area contributed by atoms with Gasteiger partial charge in [0.1, 0.15) is 17.1 Å². The lowest BCUT2D eigenvalue weighted by Crippen LogP contribution is -2.44. The number of hydrogen-bond acceptors (Lipinski definition) is 5. The zero-order valence-electron chi connectivity index (χ0n) is 18.6. The Morgan fingerprint density at radius 3 is 2.36 bits per heavy atom. The molecule has 6 heteroatoms. The van der Waals surface area contributed by atoms with E-state index in [0.29, 0.717) is 29.6 Å². The quantitative estimate of drug-likeness (QED) is 0.625. The molecule has 0 aliphatic carbocycles. The lowest BCUT2D eigenvalue weighted by atomic mass is 9.91. The molecular weight excluding hydrogens is 358 g/mol. The minimum Gasteiger partial charge on any atom is -0.496 e. The van der Waals surface area contributed by atoms with Crippen molar-refractivity contribution in [3.8, 4) is 11.5 Å². The molecule has 28 heavy (non-hydrogen) atoms. The summed E-state index contributed by atoms with van der Waals surface area (Å²) in [4.78, 5) is 12.3. The van der Waals surface area contributed by atoms with Crippen LogP contribution in [0.5, 0.6) is 11.5 Å². The van der Waals surface area contributed by atoms with Gasteiger partial charge in [0, 0.05) is 11.6 Å². The molecule has 2 atom stereocenters. The van der Waals surface area contributed by atoms with Crippen molar-refractivity contribution in [2.45, 2.75) is 78.6 Å². The second kappa shape index (κ2) is 10.0. The van der Waals surface area contributed by atoms with Gasteiger partial charge in [-0.1, -0.05) is 20.3 Å². The van der Waals surface area contributed by atoms with Crippen molar-refractivity contribution in [1.82, 2.24) is 5.32 Å². The van der Waals surface area contributed by atoms with Gasteiger partial charge in [-0.2, -0.15) is 0 Å². The molecule has 1 aromatic carbocycles. The Balaban J connectivity index is 3.05. The third kappa shape index (κ3) is 7.97. The summed E-state index contributed by atoms with van der Waals surface area (Å²) in [5.41, 5.74) is -1.22. The Kier molecular flexibility index (Phi) is 8.61. The van der Waals surface area contributed by atoms with Gasteiger partial charge in [-0.3, -0.25) is 0 Å². The van der Waals surface area contributed by atoms with Crippen LogP contribution in [0.4, 0.5) is 4.79 Å². The molecule has 0 radical (unpaired) electrons. The molecule has 1 unspecified atom stereocenters. The van der Waals surface area contributed by atoms with Crippen LogP contribution in [0.1, 0.15) is 72.9 Å². The highest BCUT2D eigenvalue weighted by atomic mass is 16.6. The zero-order chi connectivity index (χ0) is 21.5. The molecule has 2 N–H and O–H groups in total. The third-order valence-corrected chi connectivity index (χ3v) is 4.20. The summed E-state index contributed by atoms with van der Waals surface area (Å²) in [5, 5.41) is 13.4. The average Bonchev–Trinajstić information content (AvgIpc) is 2.55. The number of hydrogen-bond donors (Lipinski definition) is 2. The Morgan fingerprint density at radius 1 is 1.21 bits per heavy atom. The predicted octanol–water partition coefficient (Wildman–Crippen LogP) is 4.85. The molecule has 0 heterocycles. The van der Waals surface area contributed by atoms with Crippen molar-refractivity contribution >= 4 is 6.09 Å². The Morgan fingerprint density at radius 2 is 1.86 bits per heavy atom. The highest BCUT2D eigenvalue weighted by Crippen LogP contribution is 2.35. The van der Waals surface area contributed by atoms with Crippen molar-refractivity contribution in [2.75, 3.05) is 13.7 Å². The summed E-state index contributed by atoms with van der Waals surface area (Å²) in [7, 11) is 1.55. The van der Waals surface area contributed by atoms with Crippen molar-refractivity contribution in [3.63, 3.8) is 0 Å². The number of nitrogens with one attached hydrogen (secondary N) is 1. The number of aliphatic hydroxyl groups is 1. The number of benzene rings is 1. The molecule has 160 valence electrons. The summed E-state index contributed by atoms with van der Waals surface area (Å²) in [5.74, 6) is 1.69. The van der Waals surface area contributed by atoms with E-state index in [1.165, 1.54) is 0 Å².